The zero-order valence-electron chi connectivity index (χ0n) is 9.45. The summed E-state index contributed by atoms with van der Waals surface area (Å²) in [6, 6.07) is 1.50. The fraction of sp³-hybridized carbons (Fsp3) is 1.00. The molecule has 3 fully saturated rings. The van der Waals surface area contributed by atoms with Gasteiger partial charge < -0.3 is 10.1 Å². The first kappa shape index (κ1) is 10.1. The summed E-state index contributed by atoms with van der Waals surface area (Å²) < 4.78 is 5.62. The van der Waals surface area contributed by atoms with Gasteiger partial charge in [-0.05, 0) is 44.7 Å². The number of hydrogen-bond donors (Lipinski definition) is 1. The lowest BCUT2D eigenvalue weighted by Crippen LogP contribution is -2.48. The minimum atomic E-state index is 0.749. The number of ether oxygens (including phenoxy) is 1. The Morgan fingerprint density at radius 3 is 2.33 bits per heavy atom. The summed E-state index contributed by atoms with van der Waals surface area (Å²) in [6.07, 6.45) is 5.48. The van der Waals surface area contributed by atoms with Crippen LogP contribution in [0, 0.1) is 5.92 Å². The Balaban J connectivity index is 1.57. The minimum Gasteiger partial charge on any atom is -0.378 e. The molecule has 0 aliphatic carbocycles. The van der Waals surface area contributed by atoms with E-state index >= 15 is 0 Å². The van der Waals surface area contributed by atoms with Crippen LogP contribution in [0.15, 0.2) is 0 Å². The summed E-state index contributed by atoms with van der Waals surface area (Å²) in [6.45, 7) is 5.76. The van der Waals surface area contributed by atoms with Gasteiger partial charge in [-0.15, -0.1) is 0 Å². The van der Waals surface area contributed by atoms with Crippen molar-refractivity contribution in [3.05, 3.63) is 0 Å². The van der Waals surface area contributed by atoms with Gasteiger partial charge in [0.15, 0.2) is 0 Å². The van der Waals surface area contributed by atoms with Crippen LogP contribution in [-0.2, 0) is 4.74 Å². The second-order valence-corrected chi connectivity index (χ2v) is 5.31. The Labute approximate surface area is 92.2 Å². The average Bonchev–Trinajstić information content (AvgIpc) is 2.53. The van der Waals surface area contributed by atoms with Crippen molar-refractivity contribution in [3.8, 4) is 0 Å². The molecule has 0 amide bonds. The van der Waals surface area contributed by atoms with Crippen molar-refractivity contribution in [3.63, 3.8) is 0 Å². The summed E-state index contributed by atoms with van der Waals surface area (Å²) in [5.41, 5.74) is 0. The minimum absolute atomic E-state index is 0.749. The number of rotatable bonds is 2. The molecule has 3 saturated heterocycles. The van der Waals surface area contributed by atoms with E-state index in [9.17, 15) is 0 Å². The normalized spacial score (nSPS) is 38.4. The molecule has 86 valence electrons. The highest BCUT2D eigenvalue weighted by Gasteiger charge is 2.38. The molecule has 2 atom stereocenters. The predicted molar refractivity (Wildman–Crippen MR) is 59.9 cm³/mol. The Morgan fingerprint density at radius 2 is 1.67 bits per heavy atom. The molecule has 0 aromatic rings. The van der Waals surface area contributed by atoms with Gasteiger partial charge in [0, 0.05) is 18.6 Å². The smallest absolute Gasteiger partial charge is 0.0622 e. The molecule has 1 N–H and O–H groups in total. The van der Waals surface area contributed by atoms with Crippen LogP contribution in [0.4, 0.5) is 0 Å². The summed E-state index contributed by atoms with van der Waals surface area (Å²) in [5.74, 6) is 0.937. The molecule has 0 saturated carbocycles. The molecular formula is C12H22N2O. The highest BCUT2D eigenvalue weighted by Crippen LogP contribution is 2.30. The van der Waals surface area contributed by atoms with Crippen LogP contribution >= 0.6 is 0 Å². The van der Waals surface area contributed by atoms with Gasteiger partial charge in [0.25, 0.3) is 0 Å². The van der Waals surface area contributed by atoms with Gasteiger partial charge in [-0.3, -0.25) is 4.90 Å². The highest BCUT2D eigenvalue weighted by molar-refractivity contribution is 4.92. The van der Waals surface area contributed by atoms with Crippen molar-refractivity contribution >= 4 is 0 Å². The maximum absolute atomic E-state index is 5.62. The van der Waals surface area contributed by atoms with Crippen molar-refractivity contribution in [2.45, 2.75) is 37.8 Å². The van der Waals surface area contributed by atoms with Crippen LogP contribution in [0.5, 0.6) is 0 Å². The van der Waals surface area contributed by atoms with E-state index in [4.69, 9.17) is 4.74 Å². The first-order valence-corrected chi connectivity index (χ1v) is 6.47. The molecule has 3 rings (SSSR count). The topological polar surface area (TPSA) is 24.5 Å². The van der Waals surface area contributed by atoms with Crippen LogP contribution in [0.25, 0.3) is 0 Å². The van der Waals surface area contributed by atoms with Crippen molar-refractivity contribution in [1.82, 2.24) is 10.2 Å². The molecule has 0 aromatic heterocycles. The van der Waals surface area contributed by atoms with Crippen molar-refractivity contribution in [1.29, 1.82) is 0 Å². The lowest BCUT2D eigenvalue weighted by Gasteiger charge is -2.38. The van der Waals surface area contributed by atoms with Gasteiger partial charge in [0.1, 0.15) is 0 Å². The summed E-state index contributed by atoms with van der Waals surface area (Å²) in [7, 11) is 0. The maximum Gasteiger partial charge on any atom is 0.0622 e. The van der Waals surface area contributed by atoms with Gasteiger partial charge in [-0.25, -0.2) is 0 Å². The molecular weight excluding hydrogens is 188 g/mol. The Bertz CT molecular complexity index is 200. The third-order valence-electron chi connectivity index (χ3n) is 4.32. The van der Waals surface area contributed by atoms with Crippen LogP contribution in [-0.4, -0.2) is 49.8 Å². The number of piperidine rings is 1. The number of morpholine rings is 1. The molecule has 3 heterocycles. The third kappa shape index (κ3) is 2.05. The fourth-order valence-electron chi connectivity index (χ4n) is 3.37. The SMILES string of the molecule is C1CC(CN2C3CCC2COC3)CCN1. The molecule has 3 aliphatic rings. The second kappa shape index (κ2) is 4.40. The zero-order chi connectivity index (χ0) is 10.1. The third-order valence-corrected chi connectivity index (χ3v) is 4.32. The van der Waals surface area contributed by atoms with E-state index in [-0.39, 0.29) is 0 Å². The van der Waals surface area contributed by atoms with Gasteiger partial charge in [-0.2, -0.15) is 0 Å². The zero-order valence-corrected chi connectivity index (χ0v) is 9.45. The van der Waals surface area contributed by atoms with E-state index in [1.165, 1.54) is 45.3 Å². The second-order valence-electron chi connectivity index (χ2n) is 5.31. The van der Waals surface area contributed by atoms with Crippen LogP contribution in [0.1, 0.15) is 25.7 Å². The molecule has 3 nitrogen and oxygen atoms in total. The summed E-state index contributed by atoms with van der Waals surface area (Å²) >= 11 is 0. The van der Waals surface area contributed by atoms with Gasteiger partial charge in [0.2, 0.25) is 0 Å². The molecule has 0 radical (unpaired) electrons. The van der Waals surface area contributed by atoms with E-state index in [1.54, 1.807) is 0 Å². The molecule has 2 unspecified atom stereocenters. The van der Waals surface area contributed by atoms with Crippen molar-refractivity contribution in [2.75, 3.05) is 32.8 Å². The molecule has 15 heavy (non-hydrogen) atoms. The largest absolute Gasteiger partial charge is 0.378 e. The van der Waals surface area contributed by atoms with Crippen LogP contribution < -0.4 is 5.32 Å². The Morgan fingerprint density at radius 1 is 1.00 bits per heavy atom. The first-order valence-electron chi connectivity index (χ1n) is 6.47. The standard InChI is InChI=1S/C12H22N2O/c1-2-12-9-15-8-11(1)14(12)7-10-3-5-13-6-4-10/h10-13H,1-9H2. The molecule has 0 spiro atoms. The number of fused-ring (bicyclic) bond motifs is 2. The van der Waals surface area contributed by atoms with Gasteiger partial charge in [0.05, 0.1) is 13.2 Å². The van der Waals surface area contributed by atoms with Crippen molar-refractivity contribution in [2.24, 2.45) is 5.92 Å². The van der Waals surface area contributed by atoms with Crippen molar-refractivity contribution < 1.29 is 4.74 Å². The monoisotopic (exact) mass is 210 g/mol. The lowest BCUT2D eigenvalue weighted by molar-refractivity contribution is -0.0230. The molecule has 3 heteroatoms. The average molecular weight is 210 g/mol. The van der Waals surface area contributed by atoms with E-state index in [0.29, 0.717) is 0 Å². The van der Waals surface area contributed by atoms with Gasteiger partial charge in [-0.1, -0.05) is 0 Å². The molecule has 3 aliphatic heterocycles. The van der Waals surface area contributed by atoms with Crippen LogP contribution in [0.2, 0.25) is 0 Å². The van der Waals surface area contributed by atoms with Gasteiger partial charge >= 0.3 is 0 Å². The highest BCUT2D eigenvalue weighted by atomic mass is 16.5. The predicted octanol–water partition coefficient (Wildman–Crippen LogP) is 0.849. The van der Waals surface area contributed by atoms with E-state index in [2.05, 4.69) is 10.2 Å². The number of hydrogen-bond acceptors (Lipinski definition) is 3. The van der Waals surface area contributed by atoms with Crippen LogP contribution in [0.3, 0.4) is 0 Å². The Hall–Kier alpha value is -0.120. The molecule has 0 aromatic carbocycles. The van der Waals surface area contributed by atoms with E-state index in [0.717, 1.165) is 31.2 Å². The number of nitrogens with zero attached hydrogens (tertiary/aromatic N) is 1. The fourth-order valence-corrected chi connectivity index (χ4v) is 3.37. The Kier molecular flexibility index (Phi) is 2.95. The van der Waals surface area contributed by atoms with E-state index in [1.807, 2.05) is 0 Å². The lowest BCUT2D eigenvalue weighted by atomic mass is 9.97. The molecule has 2 bridgehead atoms. The quantitative estimate of drug-likeness (QED) is 0.731. The number of nitrogens with one attached hydrogen (secondary N) is 1. The first-order chi connectivity index (χ1) is 7.43. The van der Waals surface area contributed by atoms with E-state index < -0.39 is 0 Å². The summed E-state index contributed by atoms with van der Waals surface area (Å²) in [5, 5.41) is 3.45. The maximum atomic E-state index is 5.62. The summed E-state index contributed by atoms with van der Waals surface area (Å²) in [4.78, 5) is 2.75.